The fraction of sp³-hybridized carbons (Fsp3) is 0.231. The van der Waals surface area contributed by atoms with Gasteiger partial charge in [-0.3, -0.25) is 9.48 Å². The first-order chi connectivity index (χ1) is 9.45. The van der Waals surface area contributed by atoms with E-state index in [-0.39, 0.29) is 17.6 Å². The summed E-state index contributed by atoms with van der Waals surface area (Å²) in [5.41, 5.74) is 0.302. The Labute approximate surface area is 129 Å². The second-order valence-corrected chi connectivity index (χ2v) is 5.78. The number of halogens is 2. The normalized spacial score (nSPS) is 12.2. The van der Waals surface area contributed by atoms with E-state index >= 15 is 0 Å². The molecule has 1 unspecified atom stereocenters. The number of aromatic hydroxyl groups is 1. The molecule has 0 bridgehead atoms. The minimum atomic E-state index is -0.305. The fourth-order valence-corrected chi connectivity index (χ4v) is 2.17. The third-order valence-corrected chi connectivity index (χ3v) is 3.37. The first kappa shape index (κ1) is 14.9. The molecule has 0 saturated heterocycles. The summed E-state index contributed by atoms with van der Waals surface area (Å²) in [4.78, 5) is 12.1. The van der Waals surface area contributed by atoms with Gasteiger partial charge >= 0.3 is 0 Å². The van der Waals surface area contributed by atoms with Crippen LogP contribution in [0.5, 0.6) is 5.75 Å². The van der Waals surface area contributed by atoms with Crippen molar-refractivity contribution >= 4 is 39.1 Å². The second kappa shape index (κ2) is 6.28. The van der Waals surface area contributed by atoms with Crippen LogP contribution in [0, 0.1) is 5.92 Å². The van der Waals surface area contributed by atoms with Crippen molar-refractivity contribution in [3.05, 3.63) is 40.1 Å². The summed E-state index contributed by atoms with van der Waals surface area (Å²) >= 11 is 9.13. The molecule has 1 amide bonds. The number of carbonyl (C=O) groups is 1. The predicted molar refractivity (Wildman–Crippen MR) is 80.8 cm³/mol. The van der Waals surface area contributed by atoms with Crippen molar-refractivity contribution < 1.29 is 9.90 Å². The highest BCUT2D eigenvalue weighted by Crippen LogP contribution is 2.27. The van der Waals surface area contributed by atoms with E-state index in [0.717, 1.165) is 4.47 Å². The maximum Gasteiger partial charge on any atom is 0.229 e. The summed E-state index contributed by atoms with van der Waals surface area (Å²) in [6, 6.07) is 4.50. The van der Waals surface area contributed by atoms with Crippen LogP contribution in [0.15, 0.2) is 35.1 Å². The number of rotatable bonds is 4. The largest absolute Gasteiger partial charge is 0.506 e. The van der Waals surface area contributed by atoms with Gasteiger partial charge in [-0.25, -0.2) is 0 Å². The Morgan fingerprint density at radius 3 is 3.00 bits per heavy atom. The molecule has 0 aliphatic carbocycles. The van der Waals surface area contributed by atoms with Gasteiger partial charge in [-0.15, -0.1) is 0 Å². The van der Waals surface area contributed by atoms with Crippen molar-refractivity contribution in [1.82, 2.24) is 9.78 Å². The maximum absolute atomic E-state index is 12.1. The highest BCUT2D eigenvalue weighted by Gasteiger charge is 2.16. The lowest BCUT2D eigenvalue weighted by molar-refractivity contribution is -0.119. The van der Waals surface area contributed by atoms with Gasteiger partial charge in [0, 0.05) is 11.2 Å². The van der Waals surface area contributed by atoms with E-state index in [0.29, 0.717) is 17.3 Å². The molecule has 0 saturated carbocycles. The lowest BCUT2D eigenvalue weighted by atomic mass is 10.1. The van der Waals surface area contributed by atoms with Gasteiger partial charge in [0.05, 0.1) is 28.8 Å². The van der Waals surface area contributed by atoms with Gasteiger partial charge in [-0.1, -0.05) is 18.5 Å². The summed E-state index contributed by atoms with van der Waals surface area (Å²) < 4.78 is 2.53. The van der Waals surface area contributed by atoms with Crippen LogP contribution in [0.2, 0.25) is 5.02 Å². The van der Waals surface area contributed by atoms with Crippen LogP contribution in [0.4, 0.5) is 5.69 Å². The third-order valence-electron chi connectivity index (χ3n) is 2.73. The standard InChI is InChI=1S/C13H13BrClN3O2/c1-8(6-18-7-9(14)5-16-18)13(20)17-11-4-10(15)2-3-12(11)19/h2-5,7-8,19H,6H2,1H3,(H,17,20). The smallest absolute Gasteiger partial charge is 0.229 e. The average Bonchev–Trinajstić information content (AvgIpc) is 2.79. The molecule has 0 radical (unpaired) electrons. The molecular weight excluding hydrogens is 346 g/mol. The fourth-order valence-electron chi connectivity index (χ4n) is 1.67. The van der Waals surface area contributed by atoms with Gasteiger partial charge in [0.1, 0.15) is 5.75 Å². The van der Waals surface area contributed by atoms with Crippen molar-refractivity contribution in [3.8, 4) is 5.75 Å². The molecule has 0 aliphatic heterocycles. The lowest BCUT2D eigenvalue weighted by Crippen LogP contribution is -2.24. The number of hydrogen-bond acceptors (Lipinski definition) is 3. The molecule has 2 N–H and O–H groups in total. The first-order valence-corrected chi connectivity index (χ1v) is 7.10. The number of aromatic nitrogens is 2. The number of amides is 1. The summed E-state index contributed by atoms with van der Waals surface area (Å²) in [7, 11) is 0. The molecule has 0 spiro atoms. The van der Waals surface area contributed by atoms with E-state index in [4.69, 9.17) is 11.6 Å². The van der Waals surface area contributed by atoms with Gasteiger partial charge in [0.15, 0.2) is 0 Å². The van der Waals surface area contributed by atoms with Crippen LogP contribution in [-0.4, -0.2) is 20.8 Å². The van der Waals surface area contributed by atoms with E-state index in [1.165, 1.54) is 12.1 Å². The molecule has 106 valence electrons. The number of nitrogens with zero attached hydrogens (tertiary/aromatic N) is 2. The topological polar surface area (TPSA) is 67.2 Å². The monoisotopic (exact) mass is 357 g/mol. The molecule has 2 aromatic rings. The zero-order valence-electron chi connectivity index (χ0n) is 10.7. The number of anilines is 1. The molecule has 2 rings (SSSR count). The molecule has 7 heteroatoms. The summed E-state index contributed by atoms with van der Waals surface area (Å²) in [6.45, 7) is 2.23. The van der Waals surface area contributed by atoms with E-state index in [1.807, 2.05) is 0 Å². The quantitative estimate of drug-likeness (QED) is 0.824. The Bertz CT molecular complexity index is 630. The minimum absolute atomic E-state index is 0.0169. The van der Waals surface area contributed by atoms with Crippen molar-refractivity contribution in [2.75, 3.05) is 5.32 Å². The van der Waals surface area contributed by atoms with Gasteiger partial charge in [0.25, 0.3) is 0 Å². The second-order valence-electron chi connectivity index (χ2n) is 4.43. The number of carbonyl (C=O) groups excluding carboxylic acids is 1. The zero-order chi connectivity index (χ0) is 14.7. The van der Waals surface area contributed by atoms with Crippen LogP contribution >= 0.6 is 27.5 Å². The SMILES string of the molecule is CC(Cn1cc(Br)cn1)C(=O)Nc1cc(Cl)ccc1O. The molecule has 0 aliphatic rings. The van der Waals surface area contributed by atoms with E-state index in [9.17, 15) is 9.90 Å². The highest BCUT2D eigenvalue weighted by molar-refractivity contribution is 9.10. The van der Waals surface area contributed by atoms with Gasteiger partial charge < -0.3 is 10.4 Å². The Hall–Kier alpha value is -1.53. The van der Waals surface area contributed by atoms with Crippen LogP contribution < -0.4 is 5.32 Å². The predicted octanol–water partition coefficient (Wildman–Crippen LogP) is 3.28. The Balaban J connectivity index is 2.02. The third kappa shape index (κ3) is 3.74. The Morgan fingerprint density at radius 2 is 2.35 bits per heavy atom. The average molecular weight is 359 g/mol. The van der Waals surface area contributed by atoms with Crippen molar-refractivity contribution in [1.29, 1.82) is 0 Å². The maximum atomic E-state index is 12.1. The Kier molecular flexibility index (Phi) is 4.67. The number of benzene rings is 1. The molecule has 1 heterocycles. The molecule has 20 heavy (non-hydrogen) atoms. The summed E-state index contributed by atoms with van der Waals surface area (Å²) in [5.74, 6) is -0.536. The summed E-state index contributed by atoms with van der Waals surface area (Å²) in [5, 5.41) is 16.9. The first-order valence-electron chi connectivity index (χ1n) is 5.93. The summed E-state index contributed by atoms with van der Waals surface area (Å²) in [6.07, 6.45) is 3.45. The van der Waals surface area contributed by atoms with Crippen molar-refractivity contribution in [3.63, 3.8) is 0 Å². The highest BCUT2D eigenvalue weighted by atomic mass is 79.9. The molecule has 1 aromatic heterocycles. The van der Waals surface area contributed by atoms with Gasteiger partial charge in [-0.05, 0) is 34.1 Å². The van der Waals surface area contributed by atoms with E-state index in [1.54, 1.807) is 30.1 Å². The molecule has 1 atom stereocenters. The van der Waals surface area contributed by atoms with Gasteiger partial charge in [0.2, 0.25) is 5.91 Å². The van der Waals surface area contributed by atoms with Crippen LogP contribution in [0.1, 0.15) is 6.92 Å². The molecule has 5 nitrogen and oxygen atoms in total. The van der Waals surface area contributed by atoms with Crippen LogP contribution in [0.3, 0.4) is 0 Å². The zero-order valence-corrected chi connectivity index (χ0v) is 13.0. The van der Waals surface area contributed by atoms with Crippen LogP contribution in [-0.2, 0) is 11.3 Å². The molecule has 1 aromatic carbocycles. The van der Waals surface area contributed by atoms with E-state index < -0.39 is 0 Å². The molecule has 0 fully saturated rings. The van der Waals surface area contributed by atoms with Gasteiger partial charge in [-0.2, -0.15) is 5.10 Å². The van der Waals surface area contributed by atoms with Crippen molar-refractivity contribution in [2.45, 2.75) is 13.5 Å². The number of nitrogens with one attached hydrogen (secondary N) is 1. The van der Waals surface area contributed by atoms with Crippen LogP contribution in [0.25, 0.3) is 0 Å². The van der Waals surface area contributed by atoms with E-state index in [2.05, 4.69) is 26.3 Å². The van der Waals surface area contributed by atoms with Crippen molar-refractivity contribution in [2.24, 2.45) is 5.92 Å². The minimum Gasteiger partial charge on any atom is -0.506 e. The lowest BCUT2D eigenvalue weighted by Gasteiger charge is -2.13. The Morgan fingerprint density at radius 1 is 1.60 bits per heavy atom. The molecular formula is C13H13BrClN3O2. The number of phenolic OH excluding ortho intramolecular Hbond substituents is 1. The number of phenols is 1. The number of hydrogen-bond donors (Lipinski definition) is 2.